The van der Waals surface area contributed by atoms with E-state index in [1.807, 2.05) is 70.1 Å². The van der Waals surface area contributed by atoms with Gasteiger partial charge in [-0.25, -0.2) is 9.59 Å². The zero-order valence-corrected chi connectivity index (χ0v) is 48.8. The summed E-state index contributed by atoms with van der Waals surface area (Å²) in [6.07, 6.45) is 3.87. The van der Waals surface area contributed by atoms with E-state index in [0.717, 1.165) is 38.8 Å². The van der Waals surface area contributed by atoms with Crippen LogP contribution in [0.1, 0.15) is 101 Å². The first kappa shape index (κ1) is 59.7. The van der Waals surface area contributed by atoms with Crippen LogP contribution in [0.15, 0.2) is 41.0 Å². The average molecular weight is 1190 g/mol. The van der Waals surface area contributed by atoms with Crippen molar-refractivity contribution < 1.29 is 19.1 Å². The van der Waals surface area contributed by atoms with Crippen LogP contribution in [0.3, 0.4) is 0 Å². The highest BCUT2D eigenvalue weighted by molar-refractivity contribution is 9.10. The van der Waals surface area contributed by atoms with Gasteiger partial charge in [0.05, 0.1) is 20.1 Å². The van der Waals surface area contributed by atoms with Crippen LogP contribution in [0, 0.1) is 0 Å². The maximum Gasteiger partial charge on any atom is 0.408 e. The zero-order valence-electron chi connectivity index (χ0n) is 44.1. The largest absolute Gasteiger partial charge is 0.444 e. The van der Waals surface area contributed by atoms with E-state index >= 15 is 0 Å². The van der Waals surface area contributed by atoms with E-state index in [1.54, 1.807) is 36.4 Å². The summed E-state index contributed by atoms with van der Waals surface area (Å²) in [6, 6.07) is 10.5. The molecule has 8 rings (SSSR count). The number of hydrogen-bond donors (Lipinski definition) is 6. The molecule has 0 saturated carbocycles. The lowest BCUT2D eigenvalue weighted by atomic mass is 9.90. The number of piperidine rings is 3. The number of halogens is 5. The van der Waals surface area contributed by atoms with Crippen LogP contribution < -0.4 is 48.3 Å². The second kappa shape index (κ2) is 24.4. The molecule has 0 spiro atoms. The van der Waals surface area contributed by atoms with Crippen LogP contribution in [-0.2, 0) is 9.47 Å². The van der Waals surface area contributed by atoms with E-state index in [4.69, 9.17) is 78.8 Å². The van der Waals surface area contributed by atoms with Gasteiger partial charge in [0.25, 0.3) is 0 Å². The Labute approximate surface area is 471 Å². The number of alkyl carbamates (subject to hydrolysis) is 2. The molecule has 3 aliphatic rings. The molecule has 3 saturated heterocycles. The van der Waals surface area contributed by atoms with Gasteiger partial charge in [0.1, 0.15) is 22.6 Å². The number of nitrogens with two attached hydrogens (primary N) is 4. The van der Waals surface area contributed by atoms with Gasteiger partial charge < -0.3 is 57.7 Å². The molecule has 2 amide bonds. The zero-order chi connectivity index (χ0) is 56.0. The minimum absolute atomic E-state index is 0.135. The van der Waals surface area contributed by atoms with Crippen molar-refractivity contribution >= 4 is 110 Å². The van der Waals surface area contributed by atoms with Crippen molar-refractivity contribution in [1.29, 1.82) is 0 Å². The van der Waals surface area contributed by atoms with Gasteiger partial charge in [0.2, 0.25) is 17.8 Å². The quantitative estimate of drug-likeness (QED) is 0.0884. The smallest absolute Gasteiger partial charge is 0.408 e. The predicted molar refractivity (Wildman–Crippen MR) is 304 cm³/mol. The van der Waals surface area contributed by atoms with Crippen LogP contribution in [0.2, 0.25) is 20.1 Å². The number of nitrogens with one attached hydrogen (secondary N) is 2. The molecular formula is C49H67BrCl4N18O4. The minimum atomic E-state index is -0.536. The Hall–Kier alpha value is -5.59. The van der Waals surface area contributed by atoms with Crippen molar-refractivity contribution in [2.75, 3.05) is 71.2 Å². The second-order valence-corrected chi connectivity index (χ2v) is 24.0. The molecule has 6 heterocycles. The third kappa shape index (κ3) is 16.5. The van der Waals surface area contributed by atoms with Crippen LogP contribution in [-0.4, -0.2) is 125 Å². The summed E-state index contributed by atoms with van der Waals surface area (Å²) in [6.45, 7) is 21.4. The number of nitrogens with zero attached hydrogens (tertiary/aromatic N) is 12. The number of nitrogen functional groups attached to an aromatic ring is 3. The minimum Gasteiger partial charge on any atom is -0.444 e. The summed E-state index contributed by atoms with van der Waals surface area (Å²) >= 11 is 27.8. The van der Waals surface area contributed by atoms with Gasteiger partial charge in [0.15, 0.2) is 22.1 Å². The van der Waals surface area contributed by atoms with Crippen LogP contribution >= 0.6 is 62.3 Å². The molecule has 3 fully saturated rings. The highest BCUT2D eigenvalue weighted by Gasteiger charge is 2.36. The third-order valence-corrected chi connectivity index (χ3v) is 14.8. The topological polar surface area (TPSA) is 306 Å². The summed E-state index contributed by atoms with van der Waals surface area (Å²) in [4.78, 5) is 43.2. The predicted octanol–water partition coefficient (Wildman–Crippen LogP) is 9.16. The van der Waals surface area contributed by atoms with Crippen molar-refractivity contribution in [3.63, 3.8) is 0 Å². The molecule has 10 N–H and O–H groups in total. The van der Waals surface area contributed by atoms with E-state index in [-0.39, 0.29) is 34.3 Å². The fourth-order valence-corrected chi connectivity index (χ4v) is 9.05. The van der Waals surface area contributed by atoms with Crippen LogP contribution in [0.4, 0.5) is 44.9 Å². The van der Waals surface area contributed by atoms with Gasteiger partial charge in [-0.3, -0.25) is 0 Å². The molecule has 0 bridgehead atoms. The number of carbonyl (C=O) groups is 2. The first-order chi connectivity index (χ1) is 35.4. The molecule has 22 nitrogen and oxygen atoms in total. The number of ether oxygens (including phenoxy) is 2. The number of hydrogen-bond acceptors (Lipinski definition) is 20. The molecule has 3 aliphatic heterocycles. The van der Waals surface area contributed by atoms with E-state index in [0.29, 0.717) is 110 Å². The maximum absolute atomic E-state index is 12.1. The Morgan fingerprint density at radius 2 is 0.882 bits per heavy atom. The standard InChI is InChI=1S/C20H26Cl2N6O2.C15H18Cl2N6.C14H23BrN6O2/c1-19(2,3)30-18(29)25-20(4)8-10-28(11-9-20)17-24-16(23)15(26-27-17)12-6-5-7-13(21)14(12)22;1-15(19)5-7-23(8-6-15)14-20-13(18)12(21-22-14)9-3-2-4-10(16)11(9)17;1-13(2,3)23-12(22)18-14(4)5-7-21(8-6-14)11-17-10(16)9(15)19-20-11/h5-7H,8-11H2,1-4H3,(H,25,29)(H2,23,24,27);2-4H,5-8,19H2,1H3,(H2,18,20,22);5-8H2,1-4H3,(H,18,22)(H2,16,17,20). The molecule has 2 aromatic carbocycles. The molecule has 0 radical (unpaired) electrons. The molecule has 76 heavy (non-hydrogen) atoms. The Bertz CT molecular complexity index is 2850. The number of carbonyl (C=O) groups excluding carboxylic acids is 2. The summed E-state index contributed by atoms with van der Waals surface area (Å²) < 4.78 is 11.1. The van der Waals surface area contributed by atoms with Gasteiger partial charge in [-0.1, -0.05) is 70.7 Å². The summed E-state index contributed by atoms with van der Waals surface area (Å²) in [7, 11) is 0. The van der Waals surface area contributed by atoms with Gasteiger partial charge >= 0.3 is 12.2 Å². The fraction of sp³-hybridized carbons (Fsp3) is 0.531. The lowest BCUT2D eigenvalue weighted by molar-refractivity contribution is 0.0435. The van der Waals surface area contributed by atoms with Crippen molar-refractivity contribution in [1.82, 2.24) is 56.2 Å². The number of anilines is 6. The highest BCUT2D eigenvalue weighted by Crippen LogP contribution is 2.37. The molecule has 0 unspecified atom stereocenters. The lowest BCUT2D eigenvalue weighted by Crippen LogP contribution is -2.54. The van der Waals surface area contributed by atoms with E-state index in [9.17, 15) is 9.59 Å². The molecule has 412 valence electrons. The van der Waals surface area contributed by atoms with E-state index in [2.05, 4.69) is 79.0 Å². The number of benzene rings is 2. The highest BCUT2D eigenvalue weighted by atomic mass is 79.9. The second-order valence-electron chi connectivity index (χ2n) is 21.7. The number of rotatable bonds is 7. The van der Waals surface area contributed by atoms with Crippen molar-refractivity contribution in [2.24, 2.45) is 5.73 Å². The van der Waals surface area contributed by atoms with Gasteiger partial charge in [-0.2, -0.15) is 15.0 Å². The first-order valence-corrected chi connectivity index (χ1v) is 26.8. The monoisotopic (exact) mass is 1190 g/mol. The number of amides is 2. The van der Waals surface area contributed by atoms with Crippen LogP contribution in [0.25, 0.3) is 22.5 Å². The van der Waals surface area contributed by atoms with Gasteiger partial charge in [0, 0.05) is 67.0 Å². The van der Waals surface area contributed by atoms with Crippen molar-refractivity contribution in [2.45, 2.75) is 129 Å². The molecular weight excluding hydrogens is 1130 g/mol. The Balaban J connectivity index is 0.000000187. The average Bonchev–Trinajstić information content (AvgIpc) is 3.31. The fourth-order valence-electron chi connectivity index (χ4n) is 8.10. The van der Waals surface area contributed by atoms with Gasteiger partial charge in [-0.05, 0) is 129 Å². The molecule has 27 heteroatoms. The third-order valence-electron chi connectivity index (χ3n) is 12.6. The Morgan fingerprint density at radius 3 is 1.21 bits per heavy atom. The lowest BCUT2D eigenvalue weighted by Gasteiger charge is -2.40. The van der Waals surface area contributed by atoms with Crippen molar-refractivity contribution in [3.05, 3.63) is 61.1 Å². The van der Waals surface area contributed by atoms with Crippen molar-refractivity contribution in [3.8, 4) is 22.5 Å². The van der Waals surface area contributed by atoms with Gasteiger partial charge in [-0.15, -0.1) is 30.6 Å². The Kier molecular flexibility index (Phi) is 19.1. The Morgan fingerprint density at radius 1 is 0.553 bits per heavy atom. The first-order valence-electron chi connectivity index (χ1n) is 24.5. The summed E-state index contributed by atoms with van der Waals surface area (Å²) in [5.41, 5.74) is 24.3. The SMILES string of the molecule is CC1(N)CCN(c2nnc(-c3cccc(Cl)c3Cl)c(N)n2)CC1.CC1(NC(=O)OC(C)(C)C)CCN(c2nnc(-c3cccc(Cl)c3Cl)c(N)n2)CC1.CC1(NC(=O)OC(C)(C)C)CCN(c2nnc(Br)c(N)n2)CC1. The maximum atomic E-state index is 12.1. The number of aromatic nitrogens is 9. The summed E-state index contributed by atoms with van der Waals surface area (Å²) in [5, 5.41) is 32.4. The molecule has 3 aromatic heterocycles. The summed E-state index contributed by atoms with van der Waals surface area (Å²) in [5.74, 6) is 2.28. The molecule has 5 aromatic rings. The van der Waals surface area contributed by atoms with Crippen LogP contribution in [0.5, 0.6) is 0 Å². The van der Waals surface area contributed by atoms with E-state index < -0.39 is 17.3 Å². The normalized spacial score (nSPS) is 17.0. The molecule has 0 atom stereocenters. The van der Waals surface area contributed by atoms with E-state index in [1.165, 1.54) is 0 Å². The molecule has 0 aliphatic carbocycles.